The highest BCUT2D eigenvalue weighted by atomic mass is 35.5. The van der Waals surface area contributed by atoms with E-state index in [9.17, 15) is 4.79 Å². The fraction of sp³-hybridized carbons (Fsp3) is 0.235. The predicted molar refractivity (Wildman–Crippen MR) is 90.9 cm³/mol. The Bertz CT molecular complexity index is 841. The molecule has 0 N–H and O–H groups in total. The van der Waals surface area contributed by atoms with Crippen LogP contribution in [0.1, 0.15) is 30.4 Å². The molecule has 0 radical (unpaired) electrons. The van der Waals surface area contributed by atoms with Crippen LogP contribution >= 0.6 is 11.6 Å². The molecule has 120 valence electrons. The van der Waals surface area contributed by atoms with E-state index in [4.69, 9.17) is 16.3 Å². The standard InChI is InChI=1S/C16H14ClN3O2.CH4/c1-3-22-16(21)13-9-15-18-12(8-14(17)20(15)19-13)11-6-4-10(2)5-7-11;/h4-9H,3H2,1-2H3;1H4. The molecular weight excluding hydrogens is 314 g/mol. The molecule has 1 aromatic carbocycles. The Morgan fingerprint density at radius 1 is 1.26 bits per heavy atom. The van der Waals surface area contributed by atoms with Gasteiger partial charge in [0, 0.05) is 17.7 Å². The van der Waals surface area contributed by atoms with Gasteiger partial charge in [0.15, 0.2) is 11.3 Å². The minimum absolute atomic E-state index is 0. The molecule has 0 aliphatic heterocycles. The van der Waals surface area contributed by atoms with Crippen LogP contribution in [0.5, 0.6) is 0 Å². The minimum Gasteiger partial charge on any atom is -0.461 e. The Morgan fingerprint density at radius 3 is 2.61 bits per heavy atom. The van der Waals surface area contributed by atoms with E-state index in [2.05, 4.69) is 10.1 Å². The van der Waals surface area contributed by atoms with Crippen LogP contribution in [-0.4, -0.2) is 27.2 Å². The molecule has 2 aromatic heterocycles. The molecule has 0 spiro atoms. The van der Waals surface area contributed by atoms with Crippen molar-refractivity contribution in [2.24, 2.45) is 0 Å². The third kappa shape index (κ3) is 3.35. The zero-order valence-corrected chi connectivity index (χ0v) is 13.0. The van der Waals surface area contributed by atoms with Crippen LogP contribution in [0.2, 0.25) is 5.15 Å². The van der Waals surface area contributed by atoms with Crippen molar-refractivity contribution in [3.05, 3.63) is 52.8 Å². The summed E-state index contributed by atoms with van der Waals surface area (Å²) in [7, 11) is 0. The molecule has 0 aliphatic carbocycles. The van der Waals surface area contributed by atoms with Gasteiger partial charge in [0.1, 0.15) is 5.15 Å². The lowest BCUT2D eigenvalue weighted by Gasteiger charge is -2.04. The lowest BCUT2D eigenvalue weighted by Crippen LogP contribution is -2.05. The Balaban J connectivity index is 0.00000192. The van der Waals surface area contributed by atoms with Gasteiger partial charge in [-0.3, -0.25) is 0 Å². The number of carbonyl (C=O) groups excluding carboxylic acids is 1. The summed E-state index contributed by atoms with van der Waals surface area (Å²) in [4.78, 5) is 16.3. The van der Waals surface area contributed by atoms with E-state index < -0.39 is 5.97 Å². The topological polar surface area (TPSA) is 56.5 Å². The summed E-state index contributed by atoms with van der Waals surface area (Å²) >= 11 is 6.25. The number of hydrogen-bond donors (Lipinski definition) is 0. The number of aromatic nitrogens is 3. The van der Waals surface area contributed by atoms with Gasteiger partial charge >= 0.3 is 5.97 Å². The largest absolute Gasteiger partial charge is 0.461 e. The molecule has 0 unspecified atom stereocenters. The molecule has 23 heavy (non-hydrogen) atoms. The normalized spacial score (nSPS) is 10.4. The summed E-state index contributed by atoms with van der Waals surface area (Å²) in [6, 6.07) is 11.3. The number of nitrogens with zero attached hydrogens (tertiary/aromatic N) is 3. The first-order valence-electron chi connectivity index (χ1n) is 6.89. The van der Waals surface area contributed by atoms with Crippen molar-refractivity contribution in [1.82, 2.24) is 14.6 Å². The van der Waals surface area contributed by atoms with Gasteiger partial charge in [-0.2, -0.15) is 5.10 Å². The number of benzene rings is 1. The number of carbonyl (C=O) groups is 1. The highest BCUT2D eigenvalue weighted by Gasteiger charge is 2.15. The van der Waals surface area contributed by atoms with E-state index >= 15 is 0 Å². The first-order chi connectivity index (χ1) is 10.6. The van der Waals surface area contributed by atoms with Crippen LogP contribution in [0, 0.1) is 6.92 Å². The van der Waals surface area contributed by atoms with E-state index in [1.54, 1.807) is 19.1 Å². The molecule has 0 saturated carbocycles. The predicted octanol–water partition coefficient (Wildman–Crippen LogP) is 4.17. The molecule has 0 aliphatic rings. The molecule has 0 amide bonds. The maximum absolute atomic E-state index is 11.7. The summed E-state index contributed by atoms with van der Waals surface area (Å²) in [6.45, 7) is 4.06. The Kier molecular flexibility index (Phi) is 5.01. The van der Waals surface area contributed by atoms with Crippen molar-refractivity contribution in [2.45, 2.75) is 21.3 Å². The smallest absolute Gasteiger partial charge is 0.358 e. The lowest BCUT2D eigenvalue weighted by atomic mass is 10.1. The van der Waals surface area contributed by atoms with Gasteiger partial charge < -0.3 is 4.74 Å². The van der Waals surface area contributed by atoms with Crippen LogP contribution in [0.25, 0.3) is 16.9 Å². The molecular formula is C17H18ClN3O2. The number of aryl methyl sites for hydroxylation is 1. The second-order valence-electron chi connectivity index (χ2n) is 4.85. The maximum atomic E-state index is 11.7. The van der Waals surface area contributed by atoms with Crippen molar-refractivity contribution in [3.63, 3.8) is 0 Å². The molecule has 0 saturated heterocycles. The number of hydrogen-bond acceptors (Lipinski definition) is 4. The van der Waals surface area contributed by atoms with Gasteiger partial charge in [0.2, 0.25) is 0 Å². The van der Waals surface area contributed by atoms with Crippen LogP contribution in [0.4, 0.5) is 0 Å². The molecule has 0 fully saturated rings. The van der Waals surface area contributed by atoms with Crippen LogP contribution in [-0.2, 0) is 4.74 Å². The van der Waals surface area contributed by atoms with E-state index in [0.717, 1.165) is 11.3 Å². The van der Waals surface area contributed by atoms with Crippen molar-refractivity contribution in [2.75, 3.05) is 6.61 Å². The minimum atomic E-state index is -0.485. The Labute approximate surface area is 139 Å². The lowest BCUT2D eigenvalue weighted by molar-refractivity contribution is 0.0519. The molecule has 3 rings (SSSR count). The zero-order chi connectivity index (χ0) is 15.7. The SMILES string of the molecule is C.CCOC(=O)c1cc2nc(-c3ccc(C)cc3)cc(Cl)n2n1. The van der Waals surface area contributed by atoms with Crippen LogP contribution in [0.3, 0.4) is 0 Å². The van der Waals surface area contributed by atoms with Crippen molar-refractivity contribution < 1.29 is 9.53 Å². The van der Waals surface area contributed by atoms with Gasteiger partial charge in [0.25, 0.3) is 0 Å². The Morgan fingerprint density at radius 2 is 1.96 bits per heavy atom. The summed E-state index contributed by atoms with van der Waals surface area (Å²) in [5.74, 6) is -0.485. The third-order valence-corrected chi connectivity index (χ3v) is 3.48. The fourth-order valence-electron chi connectivity index (χ4n) is 2.11. The average Bonchev–Trinajstić information content (AvgIpc) is 2.93. The van der Waals surface area contributed by atoms with Gasteiger partial charge in [-0.25, -0.2) is 14.3 Å². The summed E-state index contributed by atoms with van der Waals surface area (Å²) < 4.78 is 6.36. The molecule has 2 heterocycles. The highest BCUT2D eigenvalue weighted by molar-refractivity contribution is 6.30. The third-order valence-electron chi connectivity index (χ3n) is 3.22. The van der Waals surface area contributed by atoms with Gasteiger partial charge in [-0.05, 0) is 13.8 Å². The van der Waals surface area contributed by atoms with Crippen LogP contribution in [0.15, 0.2) is 36.4 Å². The van der Waals surface area contributed by atoms with E-state index in [1.807, 2.05) is 31.2 Å². The number of esters is 1. The number of ether oxygens (including phenoxy) is 1. The molecule has 5 nitrogen and oxygen atoms in total. The van der Waals surface area contributed by atoms with Crippen molar-refractivity contribution in [1.29, 1.82) is 0 Å². The zero-order valence-electron chi connectivity index (χ0n) is 12.2. The van der Waals surface area contributed by atoms with E-state index in [-0.39, 0.29) is 13.1 Å². The average molecular weight is 332 g/mol. The number of halogens is 1. The summed E-state index contributed by atoms with van der Waals surface area (Å²) in [5.41, 5.74) is 3.55. The van der Waals surface area contributed by atoms with Crippen molar-refractivity contribution in [3.8, 4) is 11.3 Å². The van der Waals surface area contributed by atoms with Crippen molar-refractivity contribution >= 4 is 23.2 Å². The molecule has 0 bridgehead atoms. The van der Waals surface area contributed by atoms with E-state index in [1.165, 1.54) is 10.1 Å². The number of rotatable bonds is 3. The molecule has 3 aromatic rings. The second-order valence-corrected chi connectivity index (χ2v) is 5.24. The van der Waals surface area contributed by atoms with Gasteiger partial charge in [-0.15, -0.1) is 0 Å². The van der Waals surface area contributed by atoms with E-state index in [0.29, 0.717) is 17.4 Å². The first-order valence-corrected chi connectivity index (χ1v) is 7.27. The second kappa shape index (κ2) is 6.79. The first kappa shape index (κ1) is 17.0. The maximum Gasteiger partial charge on any atom is 0.358 e. The molecule has 6 heteroatoms. The highest BCUT2D eigenvalue weighted by Crippen LogP contribution is 2.23. The van der Waals surface area contributed by atoms with Gasteiger partial charge in [0.05, 0.1) is 12.3 Å². The van der Waals surface area contributed by atoms with Crippen LogP contribution < -0.4 is 0 Å². The fourth-order valence-corrected chi connectivity index (χ4v) is 2.34. The quantitative estimate of drug-likeness (QED) is 0.534. The summed E-state index contributed by atoms with van der Waals surface area (Å²) in [5, 5.41) is 4.51. The molecule has 0 atom stereocenters. The number of fused-ring (bicyclic) bond motifs is 1. The summed E-state index contributed by atoms with van der Waals surface area (Å²) in [6.07, 6.45) is 0. The van der Waals surface area contributed by atoms with Gasteiger partial charge in [-0.1, -0.05) is 48.9 Å². The monoisotopic (exact) mass is 331 g/mol. The Hall–Kier alpha value is -2.40.